The quantitative estimate of drug-likeness (QED) is 0.124. The Balaban J connectivity index is 1.20. The van der Waals surface area contributed by atoms with Crippen LogP contribution in [-0.2, 0) is 20.4 Å². The lowest BCUT2D eigenvalue weighted by Crippen LogP contribution is -2.40. The highest BCUT2D eigenvalue weighted by atomic mass is 32.2. The number of likely N-dealkylation sites (tertiary alicyclic amines) is 1. The Bertz CT molecular complexity index is 1120. The number of nitrogens with zero attached hydrogens (tertiary/aromatic N) is 2. The largest absolute Gasteiger partial charge is 0.436 e. The van der Waals surface area contributed by atoms with Crippen molar-refractivity contribution >= 4 is 29.1 Å². The highest BCUT2D eigenvalue weighted by Crippen LogP contribution is 2.49. The number of hydrogen-bond acceptors (Lipinski definition) is 6. The summed E-state index contributed by atoms with van der Waals surface area (Å²) in [5.41, 5.74) is 0.956. The van der Waals surface area contributed by atoms with E-state index in [1.54, 1.807) is 13.0 Å². The highest BCUT2D eigenvalue weighted by molar-refractivity contribution is 7.99. The monoisotopic (exact) mass is 592 g/mol. The number of ether oxygens (including phenoxy) is 2. The number of alkyl halides is 3. The molecule has 2 aliphatic rings. The fraction of sp³-hybridized carbons (Fsp3) is 0.594. The summed E-state index contributed by atoms with van der Waals surface area (Å²) in [4.78, 5) is 18.5. The van der Waals surface area contributed by atoms with E-state index in [0.29, 0.717) is 18.7 Å². The van der Waals surface area contributed by atoms with Gasteiger partial charge < -0.3 is 19.3 Å². The number of piperidine rings is 1. The average molecular weight is 593 g/mol. The van der Waals surface area contributed by atoms with Crippen LogP contribution in [0.15, 0.2) is 52.3 Å². The first-order chi connectivity index (χ1) is 19.7. The maximum atomic E-state index is 13.5. The fourth-order valence-corrected chi connectivity index (χ4v) is 6.64. The van der Waals surface area contributed by atoms with Crippen molar-refractivity contribution in [3.63, 3.8) is 0 Å². The molecular formula is C32H43F3N2O3S. The summed E-state index contributed by atoms with van der Waals surface area (Å²) >= 11 is 1.52. The van der Waals surface area contributed by atoms with Gasteiger partial charge in [-0.05, 0) is 69.5 Å². The first-order valence-corrected chi connectivity index (χ1v) is 15.9. The van der Waals surface area contributed by atoms with Gasteiger partial charge in [-0.2, -0.15) is 13.2 Å². The number of anilines is 2. The first-order valence-electron chi connectivity index (χ1n) is 15.1. The molecule has 0 aliphatic carbocycles. The number of fused-ring (bicyclic) bond motifs is 2. The summed E-state index contributed by atoms with van der Waals surface area (Å²) in [5, 5.41) is 0. The zero-order valence-electron chi connectivity index (χ0n) is 24.3. The summed E-state index contributed by atoms with van der Waals surface area (Å²) in [6, 6.07) is 11.9. The Morgan fingerprint density at radius 3 is 2.41 bits per heavy atom. The van der Waals surface area contributed by atoms with Crippen LogP contribution in [0, 0.1) is 0 Å². The van der Waals surface area contributed by atoms with E-state index in [4.69, 9.17) is 9.47 Å². The Labute approximate surface area is 246 Å². The van der Waals surface area contributed by atoms with Gasteiger partial charge in [0.25, 0.3) is 0 Å². The minimum atomic E-state index is -4.38. The summed E-state index contributed by atoms with van der Waals surface area (Å²) in [6.07, 6.45) is 4.92. The first kappa shape index (κ1) is 31.7. The molecule has 0 saturated carbocycles. The second-order valence-corrected chi connectivity index (χ2v) is 12.1. The van der Waals surface area contributed by atoms with Crippen molar-refractivity contribution in [2.75, 3.05) is 31.1 Å². The van der Waals surface area contributed by atoms with Gasteiger partial charge in [0.05, 0.1) is 23.0 Å². The number of unbranched alkanes of at least 4 members (excludes halogenated alkanes) is 5. The van der Waals surface area contributed by atoms with Gasteiger partial charge in [-0.3, -0.25) is 4.79 Å². The van der Waals surface area contributed by atoms with Crippen LogP contribution in [0.4, 0.5) is 24.5 Å². The molecule has 41 heavy (non-hydrogen) atoms. The van der Waals surface area contributed by atoms with Crippen LogP contribution in [0.1, 0.15) is 83.6 Å². The molecule has 0 spiro atoms. The molecular weight excluding hydrogens is 549 g/mol. The topological polar surface area (TPSA) is 42.0 Å². The van der Waals surface area contributed by atoms with Crippen molar-refractivity contribution in [3.05, 3.63) is 48.0 Å². The lowest BCUT2D eigenvalue weighted by Gasteiger charge is -2.35. The smallest absolute Gasteiger partial charge is 0.416 e. The van der Waals surface area contributed by atoms with Crippen molar-refractivity contribution in [2.24, 2.45) is 0 Å². The third kappa shape index (κ3) is 9.38. The summed E-state index contributed by atoms with van der Waals surface area (Å²) in [5.74, 6) is -0.188. The molecule has 2 aromatic rings. The standard InChI is InChI=1S/C32H43F3N2O3S/c1-3-4-5-6-7-8-14-31(38)40-24(2)39-26-17-21-36(22-18-26)19-11-20-37-27-12-9-10-13-29(27)41-30-16-15-25(23-28(30)37)32(33,34)35/h9-10,12-13,15-16,23-24,26H,3-8,11,14,17-22H2,1-2H3. The molecule has 2 aromatic carbocycles. The number of carbonyl (C=O) groups excluding carboxylic acids is 1. The van der Waals surface area contributed by atoms with E-state index < -0.39 is 18.0 Å². The lowest BCUT2D eigenvalue weighted by atomic mass is 10.1. The molecule has 4 rings (SSSR count). The third-order valence-electron chi connectivity index (χ3n) is 7.76. The number of para-hydroxylation sites is 1. The van der Waals surface area contributed by atoms with Crippen molar-refractivity contribution in [3.8, 4) is 0 Å². The van der Waals surface area contributed by atoms with E-state index in [-0.39, 0.29) is 12.1 Å². The molecule has 1 saturated heterocycles. The predicted octanol–water partition coefficient (Wildman–Crippen LogP) is 8.82. The van der Waals surface area contributed by atoms with Crippen LogP contribution < -0.4 is 4.90 Å². The number of hydrogen-bond donors (Lipinski definition) is 0. The normalized spacial score (nSPS) is 16.8. The summed E-state index contributed by atoms with van der Waals surface area (Å²) in [7, 11) is 0. The SMILES string of the molecule is CCCCCCCCC(=O)OC(C)OC1CCN(CCCN2c3ccccc3Sc3ccc(C(F)(F)F)cc32)CC1. The summed E-state index contributed by atoms with van der Waals surface area (Å²) < 4.78 is 51.9. The van der Waals surface area contributed by atoms with E-state index in [0.717, 1.165) is 67.2 Å². The molecule has 1 fully saturated rings. The molecule has 2 heterocycles. The molecule has 0 amide bonds. The van der Waals surface area contributed by atoms with E-state index in [1.165, 1.54) is 49.6 Å². The van der Waals surface area contributed by atoms with Crippen LogP contribution in [0.25, 0.3) is 0 Å². The Morgan fingerprint density at radius 2 is 1.66 bits per heavy atom. The van der Waals surface area contributed by atoms with Gasteiger partial charge in [0.15, 0.2) is 6.29 Å². The van der Waals surface area contributed by atoms with Gasteiger partial charge in [-0.15, -0.1) is 0 Å². The van der Waals surface area contributed by atoms with Gasteiger partial charge in [-0.1, -0.05) is 62.9 Å². The van der Waals surface area contributed by atoms with E-state index in [9.17, 15) is 18.0 Å². The Kier molecular flexibility index (Phi) is 11.8. The van der Waals surface area contributed by atoms with Gasteiger partial charge in [0.1, 0.15) is 0 Å². The van der Waals surface area contributed by atoms with Crippen LogP contribution in [0.3, 0.4) is 0 Å². The minimum Gasteiger partial charge on any atom is -0.436 e. The van der Waals surface area contributed by atoms with Crippen LogP contribution in [-0.4, -0.2) is 49.4 Å². The fourth-order valence-electron chi connectivity index (χ4n) is 5.56. The molecule has 226 valence electrons. The lowest BCUT2D eigenvalue weighted by molar-refractivity contribution is -0.188. The molecule has 1 atom stereocenters. The molecule has 9 heteroatoms. The second kappa shape index (κ2) is 15.3. The minimum absolute atomic E-state index is 0.0572. The van der Waals surface area contributed by atoms with E-state index >= 15 is 0 Å². The number of esters is 1. The Hall–Kier alpha value is -2.23. The average Bonchev–Trinajstić information content (AvgIpc) is 2.94. The summed E-state index contributed by atoms with van der Waals surface area (Å²) in [6.45, 7) is 7.23. The van der Waals surface area contributed by atoms with Gasteiger partial charge in [0.2, 0.25) is 0 Å². The number of benzene rings is 2. The maximum absolute atomic E-state index is 13.5. The molecule has 1 unspecified atom stereocenters. The highest BCUT2D eigenvalue weighted by Gasteiger charge is 2.33. The zero-order chi connectivity index (χ0) is 29.2. The van der Waals surface area contributed by atoms with Gasteiger partial charge in [0, 0.05) is 35.8 Å². The van der Waals surface area contributed by atoms with Crippen LogP contribution >= 0.6 is 11.8 Å². The molecule has 0 bridgehead atoms. The Morgan fingerprint density at radius 1 is 0.951 bits per heavy atom. The van der Waals surface area contributed by atoms with Gasteiger partial charge in [-0.25, -0.2) is 0 Å². The number of rotatable bonds is 14. The van der Waals surface area contributed by atoms with Crippen molar-refractivity contribution in [2.45, 2.75) is 106 Å². The van der Waals surface area contributed by atoms with Crippen molar-refractivity contribution in [1.82, 2.24) is 4.90 Å². The molecule has 0 aromatic heterocycles. The molecule has 0 N–H and O–H groups in total. The molecule has 5 nitrogen and oxygen atoms in total. The maximum Gasteiger partial charge on any atom is 0.416 e. The predicted molar refractivity (Wildman–Crippen MR) is 158 cm³/mol. The third-order valence-corrected chi connectivity index (χ3v) is 8.89. The second-order valence-electron chi connectivity index (χ2n) is 11.0. The zero-order valence-corrected chi connectivity index (χ0v) is 25.1. The number of halogens is 3. The van der Waals surface area contributed by atoms with E-state index in [1.807, 2.05) is 29.2 Å². The molecule has 0 radical (unpaired) electrons. The van der Waals surface area contributed by atoms with Crippen molar-refractivity contribution < 1.29 is 27.4 Å². The van der Waals surface area contributed by atoms with Gasteiger partial charge >= 0.3 is 12.1 Å². The van der Waals surface area contributed by atoms with Crippen LogP contribution in [0.5, 0.6) is 0 Å². The van der Waals surface area contributed by atoms with E-state index in [2.05, 4.69) is 11.8 Å². The van der Waals surface area contributed by atoms with Crippen molar-refractivity contribution in [1.29, 1.82) is 0 Å². The van der Waals surface area contributed by atoms with Crippen LogP contribution in [0.2, 0.25) is 0 Å². The number of carbonyl (C=O) groups is 1. The molecule has 2 aliphatic heterocycles.